The predicted octanol–water partition coefficient (Wildman–Crippen LogP) is 1.44. The number of carbonyl (C=O) groups is 1. The lowest BCUT2D eigenvalue weighted by Crippen LogP contribution is -2.65. The van der Waals surface area contributed by atoms with Gasteiger partial charge in [0.25, 0.3) is 0 Å². The molecule has 2 aliphatic heterocycles. The Hall–Kier alpha value is -1.77. The minimum Gasteiger partial charge on any atom is -0.354 e. The number of likely N-dealkylation sites (tertiary alicyclic amines) is 2. The number of carbonyl (C=O) groups excluding carboxylic acids is 1. The number of nitrogens with one attached hydrogen (secondary N) is 1. The summed E-state index contributed by atoms with van der Waals surface area (Å²) in [5, 5.41) is 10.6. The van der Waals surface area contributed by atoms with Gasteiger partial charge in [0.1, 0.15) is 5.01 Å². The van der Waals surface area contributed by atoms with E-state index in [1.54, 1.807) is 17.5 Å². The lowest BCUT2D eigenvalue weighted by molar-refractivity contribution is -0.145. The fraction of sp³-hybridized carbons (Fsp3) is 0.632. The molecule has 146 valence electrons. The monoisotopic (exact) mass is 388 g/mol. The number of hydrogen-bond acceptors (Lipinski definition) is 6. The van der Waals surface area contributed by atoms with Crippen LogP contribution < -0.4 is 5.32 Å². The van der Waals surface area contributed by atoms with Gasteiger partial charge >= 0.3 is 0 Å². The van der Waals surface area contributed by atoms with Crippen LogP contribution in [-0.4, -0.2) is 69.7 Å². The highest BCUT2D eigenvalue weighted by atomic mass is 32.1. The molecule has 0 radical (unpaired) electrons. The van der Waals surface area contributed by atoms with E-state index < -0.39 is 0 Å². The van der Waals surface area contributed by atoms with Crippen LogP contribution in [0.15, 0.2) is 30.0 Å². The zero-order chi connectivity index (χ0) is 18.7. The number of fused-ring (bicyclic) bond motifs is 1. The van der Waals surface area contributed by atoms with Crippen molar-refractivity contribution in [1.29, 1.82) is 0 Å². The fourth-order valence-corrected chi connectivity index (χ4v) is 5.23. The average Bonchev–Trinajstić information content (AvgIpc) is 3.36. The summed E-state index contributed by atoms with van der Waals surface area (Å²) in [6.45, 7) is 5.14. The van der Waals surface area contributed by atoms with Gasteiger partial charge in [-0.3, -0.25) is 14.4 Å². The topological polar surface area (TPSA) is 66.3 Å². The molecule has 2 fully saturated rings. The Morgan fingerprint density at radius 1 is 1.37 bits per heavy atom. The summed E-state index contributed by atoms with van der Waals surface area (Å²) in [4.78, 5) is 22.7. The molecule has 0 spiro atoms. The third-order valence-electron chi connectivity index (χ3n) is 6.03. The molecule has 2 aliphatic rings. The lowest BCUT2D eigenvalue weighted by Gasteiger charge is -2.53. The molecule has 4 rings (SSSR count). The number of rotatable bonds is 6. The Morgan fingerprint density at radius 2 is 2.30 bits per heavy atom. The molecular weight excluding hydrogens is 360 g/mol. The molecule has 1 N–H and O–H groups in total. The van der Waals surface area contributed by atoms with Gasteiger partial charge in [0.05, 0.1) is 18.5 Å². The smallest absolute Gasteiger partial charge is 0.227 e. The lowest BCUT2D eigenvalue weighted by atomic mass is 9.67. The number of nitrogens with zero attached hydrogens (tertiary/aromatic N) is 5. The van der Waals surface area contributed by atoms with Crippen molar-refractivity contribution in [2.24, 2.45) is 5.41 Å². The second kappa shape index (κ2) is 8.08. The first-order valence-corrected chi connectivity index (χ1v) is 10.6. The van der Waals surface area contributed by atoms with Gasteiger partial charge in [-0.25, -0.2) is 4.98 Å². The number of aromatic nitrogens is 3. The summed E-state index contributed by atoms with van der Waals surface area (Å²) in [5.41, 5.74) is -0.286. The quantitative estimate of drug-likeness (QED) is 0.811. The molecular formula is C19H28N6OS. The molecule has 0 aromatic carbocycles. The van der Waals surface area contributed by atoms with Crippen LogP contribution in [0.2, 0.25) is 0 Å². The largest absolute Gasteiger partial charge is 0.354 e. The second-order valence-corrected chi connectivity index (χ2v) is 8.69. The zero-order valence-electron chi connectivity index (χ0n) is 15.9. The van der Waals surface area contributed by atoms with Crippen LogP contribution in [0, 0.1) is 5.41 Å². The Morgan fingerprint density at radius 3 is 3.07 bits per heavy atom. The van der Waals surface area contributed by atoms with Crippen molar-refractivity contribution in [2.45, 2.75) is 38.4 Å². The fourth-order valence-electron chi connectivity index (χ4n) is 4.59. The molecule has 8 heteroatoms. The van der Waals surface area contributed by atoms with E-state index in [0.29, 0.717) is 13.1 Å². The molecule has 7 nitrogen and oxygen atoms in total. The van der Waals surface area contributed by atoms with Gasteiger partial charge < -0.3 is 10.2 Å². The first-order chi connectivity index (χ1) is 13.2. The molecule has 2 atom stereocenters. The van der Waals surface area contributed by atoms with Crippen LogP contribution in [0.5, 0.6) is 0 Å². The Balaban J connectivity index is 1.47. The summed E-state index contributed by atoms with van der Waals surface area (Å²) < 4.78 is 1.86. The molecule has 1 amide bonds. The second-order valence-electron chi connectivity index (χ2n) is 7.71. The Bertz CT molecular complexity index is 733. The molecule has 2 aromatic heterocycles. The normalized spacial score (nSPS) is 26.6. The molecule has 2 saturated heterocycles. The molecule has 0 aliphatic carbocycles. The maximum absolute atomic E-state index is 13.3. The first-order valence-electron chi connectivity index (χ1n) is 9.74. The average molecular weight is 389 g/mol. The van der Waals surface area contributed by atoms with Crippen LogP contribution >= 0.6 is 11.3 Å². The maximum Gasteiger partial charge on any atom is 0.227 e. The van der Waals surface area contributed by atoms with Crippen molar-refractivity contribution < 1.29 is 4.79 Å². The van der Waals surface area contributed by atoms with Gasteiger partial charge in [0.15, 0.2) is 0 Å². The van der Waals surface area contributed by atoms with Crippen LogP contribution in [-0.2, 0) is 17.9 Å². The zero-order valence-corrected chi connectivity index (χ0v) is 16.7. The highest BCUT2D eigenvalue weighted by molar-refractivity contribution is 7.09. The Kier molecular flexibility index (Phi) is 5.56. The molecule has 4 heterocycles. The highest BCUT2D eigenvalue weighted by Gasteiger charge is 2.52. The van der Waals surface area contributed by atoms with E-state index in [4.69, 9.17) is 0 Å². The van der Waals surface area contributed by atoms with Crippen LogP contribution in [0.1, 0.15) is 24.3 Å². The van der Waals surface area contributed by atoms with Crippen molar-refractivity contribution in [3.63, 3.8) is 0 Å². The molecule has 2 aromatic rings. The van der Waals surface area contributed by atoms with E-state index >= 15 is 0 Å². The number of hydrogen-bond donors (Lipinski definition) is 1. The van der Waals surface area contributed by atoms with Gasteiger partial charge in [-0.2, -0.15) is 5.10 Å². The summed E-state index contributed by atoms with van der Waals surface area (Å²) in [6, 6.07) is 2.16. The van der Waals surface area contributed by atoms with Gasteiger partial charge in [-0.1, -0.05) is 0 Å². The van der Waals surface area contributed by atoms with E-state index in [1.807, 2.05) is 28.5 Å². The predicted molar refractivity (Wildman–Crippen MR) is 105 cm³/mol. The Labute approximate surface area is 164 Å². The highest BCUT2D eigenvalue weighted by Crippen LogP contribution is 2.43. The maximum atomic E-state index is 13.3. The summed E-state index contributed by atoms with van der Waals surface area (Å²) in [5.74, 6) is 0.219. The third kappa shape index (κ3) is 3.93. The van der Waals surface area contributed by atoms with Crippen molar-refractivity contribution in [3.05, 3.63) is 35.0 Å². The van der Waals surface area contributed by atoms with E-state index in [2.05, 4.69) is 32.2 Å². The summed E-state index contributed by atoms with van der Waals surface area (Å²) in [7, 11) is 2.16. The third-order valence-corrected chi connectivity index (χ3v) is 6.80. The number of amides is 1. The molecule has 0 unspecified atom stereocenters. The standard InChI is InChI=1S/C19H28N6OS/c1-23-11-5-19(18(26)21-7-12-25-10-3-6-22-25)4-2-9-24(16(19)14-23)15-17-20-8-13-27-17/h3,6,8,10,13,16H,2,4-5,7,9,11-12,14-15H2,1H3,(H,21,26)/t16-,19+/m0/s1. The summed E-state index contributed by atoms with van der Waals surface area (Å²) >= 11 is 1.70. The van der Waals surface area contributed by atoms with Crippen molar-refractivity contribution in [2.75, 3.05) is 33.2 Å². The van der Waals surface area contributed by atoms with Crippen molar-refractivity contribution >= 4 is 17.2 Å². The van der Waals surface area contributed by atoms with E-state index in [1.165, 1.54) is 0 Å². The van der Waals surface area contributed by atoms with Gasteiger partial charge in [-0.15, -0.1) is 11.3 Å². The van der Waals surface area contributed by atoms with E-state index in [0.717, 1.165) is 50.4 Å². The summed E-state index contributed by atoms with van der Waals surface area (Å²) in [6.07, 6.45) is 8.54. The van der Waals surface area contributed by atoms with Crippen molar-refractivity contribution in [1.82, 2.24) is 29.9 Å². The SMILES string of the molecule is CN1CC[C@]2(C(=O)NCCn3cccn3)CCCN(Cc3nccs3)[C@H]2C1. The van der Waals surface area contributed by atoms with Crippen LogP contribution in [0.4, 0.5) is 0 Å². The minimum atomic E-state index is -0.286. The van der Waals surface area contributed by atoms with Crippen molar-refractivity contribution in [3.8, 4) is 0 Å². The van der Waals surface area contributed by atoms with E-state index in [9.17, 15) is 4.79 Å². The molecule has 0 bridgehead atoms. The number of piperidine rings is 2. The molecule has 27 heavy (non-hydrogen) atoms. The number of likely N-dealkylation sites (N-methyl/N-ethyl adjacent to an activating group) is 1. The van der Waals surface area contributed by atoms with Gasteiger partial charge in [-0.05, 0) is 45.5 Å². The first kappa shape index (κ1) is 18.6. The minimum absolute atomic E-state index is 0.219. The van der Waals surface area contributed by atoms with E-state index in [-0.39, 0.29) is 17.4 Å². The van der Waals surface area contributed by atoms with Crippen LogP contribution in [0.25, 0.3) is 0 Å². The van der Waals surface area contributed by atoms with Gasteiger partial charge in [0, 0.05) is 43.1 Å². The van der Waals surface area contributed by atoms with Gasteiger partial charge in [0.2, 0.25) is 5.91 Å². The molecule has 0 saturated carbocycles. The number of thiazole rings is 1. The van der Waals surface area contributed by atoms with Crippen LogP contribution in [0.3, 0.4) is 0 Å².